The van der Waals surface area contributed by atoms with Gasteiger partial charge in [0.1, 0.15) is 5.75 Å². The predicted octanol–water partition coefficient (Wildman–Crippen LogP) is 8.62. The minimum Gasteiger partial charge on any atom is -0.459 e. The molecule has 1 aliphatic rings. The van der Waals surface area contributed by atoms with Gasteiger partial charge in [-0.2, -0.15) is 4.39 Å². The van der Waals surface area contributed by atoms with Crippen LogP contribution in [0.2, 0.25) is 0 Å². The van der Waals surface area contributed by atoms with Gasteiger partial charge in [-0.1, -0.05) is 53.2 Å². The van der Waals surface area contributed by atoms with E-state index in [-0.39, 0.29) is 23.4 Å². The summed E-state index contributed by atoms with van der Waals surface area (Å²) in [5.41, 5.74) is 7.00. The zero-order chi connectivity index (χ0) is 29.9. The molecule has 1 aliphatic heterocycles. The van der Waals surface area contributed by atoms with Gasteiger partial charge in [-0.3, -0.25) is 14.5 Å². The molecule has 0 atom stereocenters. The van der Waals surface area contributed by atoms with Crippen molar-refractivity contribution >= 4 is 27.5 Å². The number of piperidine rings is 1. The van der Waals surface area contributed by atoms with Gasteiger partial charge in [0.05, 0.1) is 0 Å². The van der Waals surface area contributed by atoms with Gasteiger partial charge in [0.25, 0.3) is 0 Å². The first-order valence-corrected chi connectivity index (χ1v) is 15.1. The number of carbonyl (C=O) groups is 2. The summed E-state index contributed by atoms with van der Waals surface area (Å²) in [5.74, 6) is -1.40. The number of Topliss-reactive ketones (excluding diaryl/α,β-unsaturated/α-hetero) is 2. The lowest BCUT2D eigenvalue weighted by Crippen LogP contribution is -2.39. The maximum absolute atomic E-state index is 13.8. The first-order valence-electron chi connectivity index (χ1n) is 14.3. The van der Waals surface area contributed by atoms with Crippen LogP contribution in [-0.2, 0) is 19.4 Å². The summed E-state index contributed by atoms with van der Waals surface area (Å²) in [7, 11) is 0. The fourth-order valence-electron chi connectivity index (χ4n) is 5.58. The standard InChI is InChI=1S/C35H41BrFNO3/c1-23-7-8-27(17-24(23)2)22-38-15-13-35(6,14-16-38)21-28-19-30(25(3)39)32(36)20-31(28)33(40)18-26-9-11-29(12-10-26)41-34(4,5)37/h7-12,17,19-20H,13-16,18,21-22H2,1-6H3. The average Bonchev–Trinajstić information content (AvgIpc) is 2.88. The van der Waals surface area contributed by atoms with E-state index in [1.54, 1.807) is 31.2 Å². The van der Waals surface area contributed by atoms with Gasteiger partial charge in [0.2, 0.25) is 5.85 Å². The highest BCUT2D eigenvalue weighted by Gasteiger charge is 2.32. The van der Waals surface area contributed by atoms with Crippen molar-refractivity contribution in [2.75, 3.05) is 13.1 Å². The number of hydrogen-bond donors (Lipinski definition) is 0. The Morgan fingerprint density at radius 3 is 2.17 bits per heavy atom. The summed E-state index contributed by atoms with van der Waals surface area (Å²) >= 11 is 3.53. The lowest BCUT2D eigenvalue weighted by molar-refractivity contribution is -0.0257. The van der Waals surface area contributed by atoms with E-state index in [9.17, 15) is 14.0 Å². The Morgan fingerprint density at radius 2 is 1.59 bits per heavy atom. The van der Waals surface area contributed by atoms with Gasteiger partial charge < -0.3 is 4.74 Å². The van der Waals surface area contributed by atoms with E-state index in [4.69, 9.17) is 4.74 Å². The largest absolute Gasteiger partial charge is 0.459 e. The molecular formula is C35H41BrFNO3. The summed E-state index contributed by atoms with van der Waals surface area (Å²) in [4.78, 5) is 28.5. The molecule has 6 heteroatoms. The number of hydrogen-bond acceptors (Lipinski definition) is 4. The smallest absolute Gasteiger partial charge is 0.242 e. The van der Waals surface area contributed by atoms with Crippen LogP contribution in [0.15, 0.2) is 59.1 Å². The summed E-state index contributed by atoms with van der Waals surface area (Å²) < 4.78 is 19.7. The third-order valence-corrected chi connectivity index (χ3v) is 8.84. The van der Waals surface area contributed by atoms with E-state index in [1.807, 2.05) is 12.1 Å². The molecule has 0 N–H and O–H groups in total. The minimum atomic E-state index is -1.77. The normalized spacial score (nSPS) is 15.5. The van der Waals surface area contributed by atoms with Crippen LogP contribution in [0.3, 0.4) is 0 Å². The zero-order valence-electron chi connectivity index (χ0n) is 25.1. The van der Waals surface area contributed by atoms with E-state index in [0.717, 1.165) is 50.0 Å². The maximum atomic E-state index is 13.8. The molecule has 1 heterocycles. The molecule has 0 saturated carbocycles. The zero-order valence-corrected chi connectivity index (χ0v) is 26.7. The van der Waals surface area contributed by atoms with Gasteiger partial charge in [-0.15, -0.1) is 0 Å². The van der Waals surface area contributed by atoms with Gasteiger partial charge in [0.15, 0.2) is 11.6 Å². The summed E-state index contributed by atoms with van der Waals surface area (Å²) in [6, 6.07) is 17.4. The Bertz CT molecular complexity index is 1420. The van der Waals surface area contributed by atoms with Gasteiger partial charge >= 0.3 is 0 Å². The Kier molecular flexibility index (Phi) is 9.55. The number of likely N-dealkylation sites (tertiary alicyclic amines) is 1. The highest BCUT2D eigenvalue weighted by Crippen LogP contribution is 2.37. The number of rotatable bonds is 10. The van der Waals surface area contributed by atoms with Gasteiger partial charge in [0, 0.05) is 42.4 Å². The monoisotopic (exact) mass is 621 g/mol. The molecule has 0 aromatic heterocycles. The van der Waals surface area contributed by atoms with Crippen LogP contribution in [0.4, 0.5) is 4.39 Å². The SMILES string of the molecule is CC(=O)c1cc(CC2(C)CCN(Cc3ccc(C)c(C)c3)CC2)c(C(=O)Cc2ccc(OC(C)(C)F)cc2)cc1Br. The third-order valence-electron chi connectivity index (χ3n) is 8.18. The van der Waals surface area contributed by atoms with E-state index < -0.39 is 5.85 Å². The van der Waals surface area contributed by atoms with E-state index >= 15 is 0 Å². The van der Waals surface area contributed by atoms with E-state index in [2.05, 4.69) is 59.8 Å². The first-order chi connectivity index (χ1) is 19.2. The number of carbonyl (C=O) groups excluding carboxylic acids is 2. The molecule has 1 fully saturated rings. The fourth-order valence-corrected chi connectivity index (χ4v) is 6.20. The van der Waals surface area contributed by atoms with Crippen molar-refractivity contribution in [2.24, 2.45) is 5.41 Å². The van der Waals surface area contributed by atoms with Crippen molar-refractivity contribution in [2.45, 2.75) is 79.6 Å². The predicted molar refractivity (Wildman–Crippen MR) is 167 cm³/mol. The number of alkyl halides is 1. The van der Waals surface area contributed by atoms with Crippen molar-refractivity contribution in [3.8, 4) is 5.75 Å². The molecule has 0 radical (unpaired) electrons. The molecule has 0 bridgehead atoms. The van der Waals surface area contributed by atoms with Crippen LogP contribution < -0.4 is 4.74 Å². The summed E-state index contributed by atoms with van der Waals surface area (Å²) in [5, 5.41) is 0. The van der Waals surface area contributed by atoms with Crippen molar-refractivity contribution < 1.29 is 18.7 Å². The van der Waals surface area contributed by atoms with Gasteiger partial charge in [-0.05, 0) is 111 Å². The lowest BCUT2D eigenvalue weighted by Gasteiger charge is -2.40. The van der Waals surface area contributed by atoms with Crippen molar-refractivity contribution in [3.05, 3.63) is 98.0 Å². The van der Waals surface area contributed by atoms with Gasteiger partial charge in [-0.25, -0.2) is 0 Å². The highest BCUT2D eigenvalue weighted by molar-refractivity contribution is 9.10. The van der Waals surface area contributed by atoms with E-state index in [0.29, 0.717) is 21.3 Å². The van der Waals surface area contributed by atoms with Crippen LogP contribution in [0.25, 0.3) is 0 Å². The van der Waals surface area contributed by atoms with Crippen molar-refractivity contribution in [1.82, 2.24) is 4.90 Å². The molecule has 41 heavy (non-hydrogen) atoms. The molecule has 1 saturated heterocycles. The quantitative estimate of drug-likeness (QED) is 0.213. The molecule has 3 aromatic rings. The summed E-state index contributed by atoms with van der Waals surface area (Å²) in [6.45, 7) is 13.8. The summed E-state index contributed by atoms with van der Waals surface area (Å²) in [6.07, 6.45) is 2.97. The Morgan fingerprint density at radius 1 is 0.951 bits per heavy atom. The molecule has 4 nitrogen and oxygen atoms in total. The Balaban J connectivity index is 1.50. The molecule has 0 unspecified atom stereocenters. The van der Waals surface area contributed by atoms with Crippen LogP contribution in [-0.4, -0.2) is 35.4 Å². The minimum absolute atomic E-state index is 0.00827. The van der Waals surface area contributed by atoms with Crippen molar-refractivity contribution in [3.63, 3.8) is 0 Å². The molecule has 3 aromatic carbocycles. The Hall–Kier alpha value is -2.83. The number of benzene rings is 3. The van der Waals surface area contributed by atoms with Crippen LogP contribution in [0.1, 0.15) is 89.1 Å². The maximum Gasteiger partial charge on any atom is 0.242 e. The second-order valence-electron chi connectivity index (χ2n) is 12.4. The highest BCUT2D eigenvalue weighted by atomic mass is 79.9. The molecule has 4 rings (SSSR count). The average molecular weight is 623 g/mol. The van der Waals surface area contributed by atoms with Crippen molar-refractivity contribution in [1.29, 1.82) is 0 Å². The number of halogens is 2. The number of ketones is 2. The first kappa shape index (κ1) is 31.1. The topological polar surface area (TPSA) is 46.6 Å². The molecule has 0 amide bonds. The fraction of sp³-hybridized carbons (Fsp3) is 0.429. The lowest BCUT2D eigenvalue weighted by atomic mass is 9.74. The van der Waals surface area contributed by atoms with Crippen LogP contribution >= 0.6 is 15.9 Å². The second-order valence-corrected chi connectivity index (χ2v) is 13.3. The molecular weight excluding hydrogens is 581 g/mol. The number of nitrogens with zero attached hydrogens (tertiary/aromatic N) is 1. The third kappa shape index (κ3) is 8.36. The molecule has 218 valence electrons. The van der Waals surface area contributed by atoms with E-state index in [1.165, 1.54) is 30.5 Å². The number of aryl methyl sites for hydroxylation is 2. The Labute approximate surface area is 252 Å². The molecule has 0 spiro atoms. The van der Waals surface area contributed by atoms with Crippen LogP contribution in [0.5, 0.6) is 5.75 Å². The second kappa shape index (κ2) is 12.6. The van der Waals surface area contributed by atoms with Crippen LogP contribution in [0, 0.1) is 19.3 Å². The number of ether oxygens (including phenoxy) is 1. The molecule has 0 aliphatic carbocycles.